The lowest BCUT2D eigenvalue weighted by Gasteiger charge is -2.15. The molecule has 2 nitrogen and oxygen atoms in total. The van der Waals surface area contributed by atoms with Gasteiger partial charge in [-0.3, -0.25) is 0 Å². The van der Waals surface area contributed by atoms with E-state index in [2.05, 4.69) is 19.6 Å². The monoisotopic (exact) mass is 197 g/mol. The van der Waals surface area contributed by atoms with Gasteiger partial charge < -0.3 is 9.30 Å². The van der Waals surface area contributed by atoms with Gasteiger partial charge in [-0.25, -0.2) is 0 Å². The number of aryl methyl sites for hydroxylation is 1. The zero-order valence-corrected chi connectivity index (χ0v) is 10.0. The lowest BCUT2D eigenvalue weighted by molar-refractivity contribution is 0.314. The molecule has 1 aromatic heterocycles. The Labute approximate surface area is 81.5 Å². The van der Waals surface area contributed by atoms with Crippen molar-refractivity contribution in [1.82, 2.24) is 4.57 Å². The predicted molar refractivity (Wildman–Crippen MR) is 59.1 cm³/mol. The molecule has 0 aromatic carbocycles. The molecular weight excluding hydrogens is 178 g/mol. The van der Waals surface area contributed by atoms with Crippen molar-refractivity contribution in [3.8, 4) is 5.88 Å². The molecule has 1 rings (SSSR count). The standard InChI is InChI=1S/C10H19NOSi/c1-11-7-5-6-10(11)12-8-9-13(2,3)4/h5-7H,8-9H2,1-4H3. The van der Waals surface area contributed by atoms with Gasteiger partial charge in [0.2, 0.25) is 0 Å². The molecule has 74 valence electrons. The minimum absolute atomic E-state index is 0.855. The van der Waals surface area contributed by atoms with Crippen molar-refractivity contribution in [1.29, 1.82) is 0 Å². The first kappa shape index (κ1) is 10.4. The molecule has 1 aromatic rings. The maximum atomic E-state index is 5.65. The van der Waals surface area contributed by atoms with Gasteiger partial charge in [0, 0.05) is 21.3 Å². The summed E-state index contributed by atoms with van der Waals surface area (Å²) in [5, 5.41) is 0. The normalized spacial score (nSPS) is 11.7. The Hall–Kier alpha value is -0.703. The number of hydrogen-bond donors (Lipinski definition) is 0. The van der Waals surface area contributed by atoms with E-state index in [1.54, 1.807) is 0 Å². The summed E-state index contributed by atoms with van der Waals surface area (Å²) < 4.78 is 7.65. The third kappa shape index (κ3) is 3.68. The van der Waals surface area contributed by atoms with E-state index in [0.717, 1.165) is 12.5 Å². The maximum Gasteiger partial charge on any atom is 0.193 e. The Kier molecular flexibility index (Phi) is 3.20. The summed E-state index contributed by atoms with van der Waals surface area (Å²) in [6, 6.07) is 5.23. The first-order valence-electron chi connectivity index (χ1n) is 4.73. The molecule has 0 radical (unpaired) electrons. The van der Waals surface area contributed by atoms with Crippen LogP contribution < -0.4 is 4.74 Å². The lowest BCUT2D eigenvalue weighted by Crippen LogP contribution is -2.22. The third-order valence-corrected chi connectivity index (χ3v) is 3.70. The largest absolute Gasteiger partial charge is 0.479 e. The van der Waals surface area contributed by atoms with E-state index in [9.17, 15) is 0 Å². The third-order valence-electron chi connectivity index (χ3n) is 2.00. The van der Waals surface area contributed by atoms with Gasteiger partial charge in [0.1, 0.15) is 0 Å². The molecule has 13 heavy (non-hydrogen) atoms. The second kappa shape index (κ2) is 4.00. The van der Waals surface area contributed by atoms with Gasteiger partial charge in [-0.05, 0) is 18.2 Å². The number of ether oxygens (including phenoxy) is 1. The molecular formula is C10H19NOSi. The van der Waals surface area contributed by atoms with Gasteiger partial charge in [0.15, 0.2) is 5.88 Å². The average molecular weight is 197 g/mol. The van der Waals surface area contributed by atoms with E-state index in [1.165, 1.54) is 6.04 Å². The highest BCUT2D eigenvalue weighted by Crippen LogP contribution is 2.13. The summed E-state index contributed by atoms with van der Waals surface area (Å²) in [5.41, 5.74) is 0. The average Bonchev–Trinajstić information content (AvgIpc) is 2.34. The first-order chi connectivity index (χ1) is 5.99. The number of nitrogens with zero attached hydrogens (tertiary/aromatic N) is 1. The minimum Gasteiger partial charge on any atom is -0.479 e. The molecule has 0 spiro atoms. The molecule has 0 bridgehead atoms. The molecule has 0 fully saturated rings. The van der Waals surface area contributed by atoms with Crippen molar-refractivity contribution in [3.05, 3.63) is 18.3 Å². The fraction of sp³-hybridized carbons (Fsp3) is 0.600. The molecule has 0 saturated heterocycles. The summed E-state index contributed by atoms with van der Waals surface area (Å²) in [5.74, 6) is 0.971. The van der Waals surface area contributed by atoms with Crippen molar-refractivity contribution in [2.24, 2.45) is 7.05 Å². The van der Waals surface area contributed by atoms with E-state index in [0.29, 0.717) is 0 Å². The van der Waals surface area contributed by atoms with Crippen LogP contribution in [0.5, 0.6) is 5.88 Å². The Balaban J connectivity index is 2.32. The van der Waals surface area contributed by atoms with Gasteiger partial charge in [0.25, 0.3) is 0 Å². The zero-order chi connectivity index (χ0) is 9.90. The van der Waals surface area contributed by atoms with Crippen molar-refractivity contribution >= 4 is 8.07 Å². The van der Waals surface area contributed by atoms with Crippen LogP contribution in [0.2, 0.25) is 25.7 Å². The Morgan fingerprint density at radius 3 is 2.54 bits per heavy atom. The smallest absolute Gasteiger partial charge is 0.193 e. The summed E-state index contributed by atoms with van der Waals surface area (Å²) in [6.45, 7) is 7.94. The summed E-state index contributed by atoms with van der Waals surface area (Å²) in [4.78, 5) is 0. The summed E-state index contributed by atoms with van der Waals surface area (Å²) in [7, 11) is 1.06. The van der Waals surface area contributed by atoms with Crippen LogP contribution in [0.1, 0.15) is 0 Å². The molecule has 0 N–H and O–H groups in total. The van der Waals surface area contributed by atoms with Crippen molar-refractivity contribution in [2.75, 3.05) is 6.61 Å². The Morgan fingerprint density at radius 2 is 2.08 bits per heavy atom. The highest BCUT2D eigenvalue weighted by Gasteiger charge is 2.12. The summed E-state index contributed by atoms with van der Waals surface area (Å²) in [6.07, 6.45) is 2.00. The SMILES string of the molecule is Cn1cccc1OCC[Si](C)(C)C. The van der Waals surface area contributed by atoms with E-state index in [1.807, 2.05) is 29.9 Å². The van der Waals surface area contributed by atoms with Crippen LogP contribution in [0.4, 0.5) is 0 Å². The minimum atomic E-state index is -0.942. The van der Waals surface area contributed by atoms with E-state index >= 15 is 0 Å². The lowest BCUT2D eigenvalue weighted by atomic mass is 10.6. The van der Waals surface area contributed by atoms with Crippen LogP contribution in [0, 0.1) is 0 Å². The molecule has 1 heterocycles. The first-order valence-corrected chi connectivity index (χ1v) is 8.44. The molecule has 0 amide bonds. The molecule has 0 saturated carbocycles. The van der Waals surface area contributed by atoms with Crippen LogP contribution in [0.15, 0.2) is 18.3 Å². The summed E-state index contributed by atoms with van der Waals surface area (Å²) >= 11 is 0. The Morgan fingerprint density at radius 1 is 1.38 bits per heavy atom. The maximum absolute atomic E-state index is 5.65. The van der Waals surface area contributed by atoms with Crippen LogP contribution in [-0.2, 0) is 7.05 Å². The highest BCUT2D eigenvalue weighted by atomic mass is 28.3. The zero-order valence-electron chi connectivity index (χ0n) is 9.00. The van der Waals surface area contributed by atoms with E-state index < -0.39 is 8.07 Å². The topological polar surface area (TPSA) is 14.2 Å². The van der Waals surface area contributed by atoms with E-state index in [-0.39, 0.29) is 0 Å². The highest BCUT2D eigenvalue weighted by molar-refractivity contribution is 6.76. The molecule has 0 aliphatic carbocycles. The van der Waals surface area contributed by atoms with Gasteiger partial charge in [-0.15, -0.1) is 0 Å². The van der Waals surface area contributed by atoms with Gasteiger partial charge in [-0.1, -0.05) is 19.6 Å². The second-order valence-electron chi connectivity index (χ2n) is 4.62. The molecule has 3 heteroatoms. The molecule has 0 aliphatic heterocycles. The molecule has 0 atom stereocenters. The second-order valence-corrected chi connectivity index (χ2v) is 10.2. The fourth-order valence-electron chi connectivity index (χ4n) is 1.06. The quantitative estimate of drug-likeness (QED) is 0.677. The van der Waals surface area contributed by atoms with Crippen LogP contribution in [-0.4, -0.2) is 19.2 Å². The van der Waals surface area contributed by atoms with E-state index in [4.69, 9.17) is 4.74 Å². The van der Waals surface area contributed by atoms with Crippen LogP contribution in [0.3, 0.4) is 0 Å². The number of rotatable bonds is 4. The Bertz CT molecular complexity index is 262. The van der Waals surface area contributed by atoms with Crippen LogP contribution >= 0.6 is 0 Å². The van der Waals surface area contributed by atoms with Crippen molar-refractivity contribution in [2.45, 2.75) is 25.7 Å². The number of hydrogen-bond acceptors (Lipinski definition) is 1. The van der Waals surface area contributed by atoms with Crippen molar-refractivity contribution in [3.63, 3.8) is 0 Å². The molecule has 0 aliphatic rings. The predicted octanol–water partition coefficient (Wildman–Crippen LogP) is 2.74. The van der Waals surface area contributed by atoms with Crippen molar-refractivity contribution < 1.29 is 4.74 Å². The van der Waals surface area contributed by atoms with Gasteiger partial charge >= 0.3 is 0 Å². The fourth-order valence-corrected chi connectivity index (χ4v) is 1.77. The number of aromatic nitrogens is 1. The molecule has 0 unspecified atom stereocenters. The van der Waals surface area contributed by atoms with Gasteiger partial charge in [0.05, 0.1) is 6.61 Å². The van der Waals surface area contributed by atoms with Gasteiger partial charge in [-0.2, -0.15) is 0 Å². The van der Waals surface area contributed by atoms with Crippen LogP contribution in [0.25, 0.3) is 0 Å².